The van der Waals surface area contributed by atoms with Crippen LogP contribution in [0.25, 0.3) is 0 Å². The SMILES string of the molecule is CCNCC1(CN(CCN(C)C)CC(C)C)CCCCC1. The normalized spacial score (nSPS) is 18.9. The van der Waals surface area contributed by atoms with Crippen LogP contribution in [0.2, 0.25) is 0 Å². The first-order valence-electron chi connectivity index (χ1n) is 9.05. The zero-order valence-electron chi connectivity index (χ0n) is 15.2. The summed E-state index contributed by atoms with van der Waals surface area (Å²) in [6.07, 6.45) is 7.12. The first-order chi connectivity index (χ1) is 9.97. The molecule has 0 atom stereocenters. The first kappa shape index (κ1) is 18.9. The van der Waals surface area contributed by atoms with Crippen LogP contribution in [0.5, 0.6) is 0 Å². The average Bonchev–Trinajstić information content (AvgIpc) is 2.43. The molecule has 0 aromatic rings. The van der Waals surface area contributed by atoms with Gasteiger partial charge in [-0.05, 0) is 44.8 Å². The van der Waals surface area contributed by atoms with Crippen molar-refractivity contribution in [3.05, 3.63) is 0 Å². The van der Waals surface area contributed by atoms with Gasteiger partial charge in [-0.1, -0.05) is 40.0 Å². The Balaban J connectivity index is 2.64. The van der Waals surface area contributed by atoms with Gasteiger partial charge in [0.15, 0.2) is 0 Å². The number of rotatable bonds is 10. The van der Waals surface area contributed by atoms with Gasteiger partial charge in [0.1, 0.15) is 0 Å². The van der Waals surface area contributed by atoms with E-state index in [1.807, 2.05) is 0 Å². The van der Waals surface area contributed by atoms with Crippen LogP contribution in [0.3, 0.4) is 0 Å². The van der Waals surface area contributed by atoms with Gasteiger partial charge < -0.3 is 15.1 Å². The highest BCUT2D eigenvalue weighted by molar-refractivity contribution is 4.88. The van der Waals surface area contributed by atoms with E-state index in [-0.39, 0.29) is 0 Å². The van der Waals surface area contributed by atoms with E-state index >= 15 is 0 Å². The third-order valence-corrected chi connectivity index (χ3v) is 4.71. The third kappa shape index (κ3) is 7.62. The maximum absolute atomic E-state index is 3.65. The maximum atomic E-state index is 3.65. The van der Waals surface area contributed by atoms with Gasteiger partial charge >= 0.3 is 0 Å². The molecular formula is C18H39N3. The first-order valence-corrected chi connectivity index (χ1v) is 9.05. The Bertz CT molecular complexity index is 257. The quantitative estimate of drug-likeness (QED) is 0.668. The number of hydrogen-bond acceptors (Lipinski definition) is 3. The minimum absolute atomic E-state index is 0.523. The van der Waals surface area contributed by atoms with Crippen molar-refractivity contribution in [1.29, 1.82) is 0 Å². The van der Waals surface area contributed by atoms with E-state index in [0.29, 0.717) is 5.41 Å². The van der Waals surface area contributed by atoms with Crippen molar-refractivity contribution in [2.45, 2.75) is 52.9 Å². The molecule has 1 rings (SSSR count). The largest absolute Gasteiger partial charge is 0.316 e. The summed E-state index contributed by atoms with van der Waals surface area (Å²) in [7, 11) is 4.37. The Labute approximate surface area is 133 Å². The Hall–Kier alpha value is -0.120. The van der Waals surface area contributed by atoms with Gasteiger partial charge in [0.2, 0.25) is 0 Å². The molecule has 0 saturated heterocycles. The van der Waals surface area contributed by atoms with Crippen molar-refractivity contribution >= 4 is 0 Å². The number of nitrogens with one attached hydrogen (secondary N) is 1. The molecule has 0 spiro atoms. The van der Waals surface area contributed by atoms with Gasteiger partial charge in [-0.2, -0.15) is 0 Å². The van der Waals surface area contributed by atoms with Crippen LogP contribution in [0.15, 0.2) is 0 Å². The van der Waals surface area contributed by atoms with Gasteiger partial charge in [-0.3, -0.25) is 0 Å². The highest BCUT2D eigenvalue weighted by Crippen LogP contribution is 2.36. The van der Waals surface area contributed by atoms with Crippen molar-refractivity contribution in [1.82, 2.24) is 15.1 Å². The van der Waals surface area contributed by atoms with Crippen molar-refractivity contribution in [2.24, 2.45) is 11.3 Å². The summed E-state index contributed by atoms with van der Waals surface area (Å²) < 4.78 is 0. The van der Waals surface area contributed by atoms with Crippen molar-refractivity contribution < 1.29 is 0 Å². The second-order valence-electron chi connectivity index (χ2n) is 7.77. The predicted molar refractivity (Wildman–Crippen MR) is 93.9 cm³/mol. The second kappa shape index (κ2) is 9.81. The monoisotopic (exact) mass is 297 g/mol. The smallest absolute Gasteiger partial charge is 0.0109 e. The molecule has 0 unspecified atom stereocenters. The van der Waals surface area contributed by atoms with Crippen LogP contribution >= 0.6 is 0 Å². The summed E-state index contributed by atoms with van der Waals surface area (Å²) in [5, 5.41) is 3.65. The van der Waals surface area contributed by atoms with Gasteiger partial charge in [0.25, 0.3) is 0 Å². The fourth-order valence-electron chi connectivity index (χ4n) is 3.65. The summed E-state index contributed by atoms with van der Waals surface area (Å²) >= 11 is 0. The van der Waals surface area contributed by atoms with E-state index < -0.39 is 0 Å². The predicted octanol–water partition coefficient (Wildman–Crippen LogP) is 3.07. The minimum atomic E-state index is 0.523. The van der Waals surface area contributed by atoms with Crippen LogP contribution < -0.4 is 5.32 Å². The van der Waals surface area contributed by atoms with E-state index in [4.69, 9.17) is 0 Å². The number of nitrogens with zero attached hydrogens (tertiary/aromatic N) is 2. The zero-order chi connectivity index (χ0) is 15.7. The number of likely N-dealkylation sites (N-methyl/N-ethyl adjacent to an activating group) is 1. The molecule has 0 bridgehead atoms. The summed E-state index contributed by atoms with van der Waals surface area (Å²) in [5.74, 6) is 0.756. The summed E-state index contributed by atoms with van der Waals surface area (Å²) in [6, 6.07) is 0. The van der Waals surface area contributed by atoms with Crippen molar-refractivity contribution in [3.63, 3.8) is 0 Å². The van der Waals surface area contributed by atoms with Gasteiger partial charge in [0, 0.05) is 32.7 Å². The lowest BCUT2D eigenvalue weighted by Gasteiger charge is -2.42. The molecule has 21 heavy (non-hydrogen) atoms. The van der Waals surface area contributed by atoms with Crippen molar-refractivity contribution in [2.75, 3.05) is 53.4 Å². The zero-order valence-corrected chi connectivity index (χ0v) is 15.2. The standard InChI is InChI=1S/C18H39N3/c1-6-19-15-18(10-8-7-9-11-18)16-21(14-17(2)3)13-12-20(4)5/h17,19H,6-16H2,1-5H3. The lowest BCUT2D eigenvalue weighted by molar-refractivity contribution is 0.0903. The Morgan fingerprint density at radius 3 is 2.24 bits per heavy atom. The average molecular weight is 298 g/mol. The molecule has 1 saturated carbocycles. The molecule has 3 heteroatoms. The molecule has 1 fully saturated rings. The topological polar surface area (TPSA) is 18.5 Å². The maximum Gasteiger partial charge on any atom is 0.0109 e. The van der Waals surface area contributed by atoms with Crippen LogP contribution in [-0.4, -0.2) is 63.2 Å². The Morgan fingerprint density at radius 1 is 1.05 bits per heavy atom. The lowest BCUT2D eigenvalue weighted by atomic mass is 9.73. The second-order valence-corrected chi connectivity index (χ2v) is 7.77. The van der Waals surface area contributed by atoms with E-state index in [0.717, 1.165) is 12.5 Å². The molecule has 0 aliphatic heterocycles. The molecule has 0 heterocycles. The molecule has 126 valence electrons. The van der Waals surface area contributed by atoms with E-state index in [1.54, 1.807) is 0 Å². The fraction of sp³-hybridized carbons (Fsp3) is 1.00. The molecule has 0 radical (unpaired) electrons. The highest BCUT2D eigenvalue weighted by atomic mass is 15.2. The Kier molecular flexibility index (Phi) is 8.84. The summed E-state index contributed by atoms with van der Waals surface area (Å²) in [4.78, 5) is 5.04. The third-order valence-electron chi connectivity index (χ3n) is 4.71. The van der Waals surface area contributed by atoms with Crippen molar-refractivity contribution in [3.8, 4) is 0 Å². The van der Waals surface area contributed by atoms with Crippen LogP contribution in [0.4, 0.5) is 0 Å². The Morgan fingerprint density at radius 2 is 1.71 bits per heavy atom. The molecular weight excluding hydrogens is 258 g/mol. The van der Waals surface area contributed by atoms with Crippen LogP contribution in [0.1, 0.15) is 52.9 Å². The molecule has 1 aliphatic rings. The minimum Gasteiger partial charge on any atom is -0.316 e. The van der Waals surface area contributed by atoms with Crippen LogP contribution in [0, 0.1) is 11.3 Å². The fourth-order valence-corrected chi connectivity index (χ4v) is 3.65. The molecule has 0 aromatic heterocycles. The molecule has 1 N–H and O–H groups in total. The molecule has 1 aliphatic carbocycles. The number of hydrogen-bond donors (Lipinski definition) is 1. The van der Waals surface area contributed by atoms with E-state index in [9.17, 15) is 0 Å². The van der Waals surface area contributed by atoms with Gasteiger partial charge in [-0.25, -0.2) is 0 Å². The molecule has 0 aromatic carbocycles. The lowest BCUT2D eigenvalue weighted by Crippen LogP contribution is -2.47. The van der Waals surface area contributed by atoms with Gasteiger partial charge in [-0.15, -0.1) is 0 Å². The highest BCUT2D eigenvalue weighted by Gasteiger charge is 2.33. The summed E-state index contributed by atoms with van der Waals surface area (Å²) in [6.45, 7) is 14.1. The van der Waals surface area contributed by atoms with E-state index in [2.05, 4.69) is 50.0 Å². The van der Waals surface area contributed by atoms with Crippen LogP contribution in [-0.2, 0) is 0 Å². The van der Waals surface area contributed by atoms with E-state index in [1.165, 1.54) is 64.8 Å². The van der Waals surface area contributed by atoms with Gasteiger partial charge in [0.05, 0.1) is 0 Å². The summed E-state index contributed by atoms with van der Waals surface area (Å²) in [5.41, 5.74) is 0.523. The molecule has 3 nitrogen and oxygen atoms in total. The molecule has 0 amide bonds.